The molecule has 4 rings (SSSR count). The molecule has 1 aliphatic heterocycles. The zero-order chi connectivity index (χ0) is 21.1. The van der Waals surface area contributed by atoms with Crippen LogP contribution in [0.2, 0.25) is 0 Å². The molecule has 7 heteroatoms. The van der Waals surface area contributed by atoms with Crippen LogP contribution in [0.15, 0.2) is 72.8 Å². The van der Waals surface area contributed by atoms with E-state index < -0.39 is 12.1 Å². The van der Waals surface area contributed by atoms with Crippen LogP contribution in [-0.4, -0.2) is 25.5 Å². The summed E-state index contributed by atoms with van der Waals surface area (Å²) in [6, 6.07) is 22.0. The number of benzene rings is 3. The zero-order valence-electron chi connectivity index (χ0n) is 16.4. The highest BCUT2D eigenvalue weighted by atomic mass is 16.5. The topological polar surface area (TPSA) is 93.9 Å². The van der Waals surface area contributed by atoms with Crippen LogP contribution < -0.4 is 25.4 Å². The van der Waals surface area contributed by atoms with Crippen molar-refractivity contribution >= 4 is 23.2 Å². The number of hydrogen-bond donors (Lipinski definition) is 2. The van der Waals surface area contributed by atoms with Crippen molar-refractivity contribution in [3.8, 4) is 11.5 Å². The summed E-state index contributed by atoms with van der Waals surface area (Å²) in [6.07, 6.45) is -0.464. The summed E-state index contributed by atoms with van der Waals surface area (Å²) in [7, 11) is 1.58. The van der Waals surface area contributed by atoms with E-state index in [0.717, 1.165) is 11.3 Å². The Morgan fingerprint density at radius 3 is 2.47 bits per heavy atom. The molecule has 0 bridgehead atoms. The molecule has 0 aromatic heterocycles. The van der Waals surface area contributed by atoms with Crippen molar-refractivity contribution < 1.29 is 19.1 Å². The van der Waals surface area contributed by atoms with Crippen LogP contribution in [0.4, 0.5) is 11.4 Å². The first kappa shape index (κ1) is 19.3. The fourth-order valence-electron chi connectivity index (χ4n) is 3.46. The van der Waals surface area contributed by atoms with Crippen LogP contribution in [0.3, 0.4) is 0 Å². The van der Waals surface area contributed by atoms with Crippen molar-refractivity contribution in [1.29, 1.82) is 0 Å². The SMILES string of the molecule is COc1ccccc1N1C(=O)c2ccccc2N[C@H]1c1ccc(OCC(N)=O)cc1. The number of methoxy groups -OCH3 is 1. The Hall–Kier alpha value is -4.00. The number of rotatable bonds is 6. The quantitative estimate of drug-likeness (QED) is 0.658. The van der Waals surface area contributed by atoms with Crippen molar-refractivity contribution in [1.82, 2.24) is 0 Å². The third kappa shape index (κ3) is 3.65. The Morgan fingerprint density at radius 2 is 1.73 bits per heavy atom. The predicted molar refractivity (Wildman–Crippen MR) is 114 cm³/mol. The second-order valence-corrected chi connectivity index (χ2v) is 6.76. The first-order valence-electron chi connectivity index (χ1n) is 9.41. The third-order valence-corrected chi connectivity index (χ3v) is 4.85. The standard InChI is InChI=1S/C23H21N3O4/c1-29-20-9-5-4-8-19(20)26-22(25-18-7-3-2-6-17(18)23(26)28)15-10-12-16(13-11-15)30-14-21(24)27/h2-13,22,25H,14H2,1H3,(H2,24,27)/t22-/m1/s1. The van der Waals surface area contributed by atoms with E-state index in [4.69, 9.17) is 15.2 Å². The van der Waals surface area contributed by atoms with E-state index in [1.807, 2.05) is 54.6 Å². The van der Waals surface area contributed by atoms with Crippen molar-refractivity contribution in [2.45, 2.75) is 6.17 Å². The fraction of sp³-hybridized carbons (Fsp3) is 0.130. The number of primary amides is 1. The second-order valence-electron chi connectivity index (χ2n) is 6.76. The van der Waals surface area contributed by atoms with Gasteiger partial charge in [0.15, 0.2) is 6.61 Å². The first-order chi connectivity index (χ1) is 14.6. The summed E-state index contributed by atoms with van der Waals surface area (Å²) in [5, 5.41) is 3.45. The van der Waals surface area contributed by atoms with Crippen molar-refractivity contribution in [3.05, 3.63) is 83.9 Å². The van der Waals surface area contributed by atoms with Gasteiger partial charge in [-0.05, 0) is 42.0 Å². The predicted octanol–water partition coefficient (Wildman–Crippen LogP) is 3.33. The minimum Gasteiger partial charge on any atom is -0.495 e. The molecule has 0 spiro atoms. The van der Waals surface area contributed by atoms with Gasteiger partial charge < -0.3 is 20.5 Å². The lowest BCUT2D eigenvalue weighted by Gasteiger charge is -2.38. The Kier molecular flexibility index (Phi) is 5.26. The van der Waals surface area contributed by atoms with Gasteiger partial charge in [0.05, 0.1) is 18.4 Å². The minimum atomic E-state index is -0.544. The van der Waals surface area contributed by atoms with Crippen LogP contribution in [0.25, 0.3) is 0 Å². The lowest BCUT2D eigenvalue weighted by molar-refractivity contribution is -0.119. The summed E-state index contributed by atoms with van der Waals surface area (Å²) in [5.41, 5.74) is 7.97. The van der Waals surface area contributed by atoms with Gasteiger partial charge in [0.25, 0.3) is 11.8 Å². The van der Waals surface area contributed by atoms with Gasteiger partial charge in [0.1, 0.15) is 17.7 Å². The zero-order valence-corrected chi connectivity index (χ0v) is 16.4. The van der Waals surface area contributed by atoms with Gasteiger partial charge in [-0.15, -0.1) is 0 Å². The van der Waals surface area contributed by atoms with E-state index in [1.165, 1.54) is 0 Å². The Balaban J connectivity index is 1.75. The molecular formula is C23H21N3O4. The Bertz CT molecular complexity index is 1080. The normalized spacial score (nSPS) is 15.2. The summed E-state index contributed by atoms with van der Waals surface area (Å²) >= 11 is 0. The summed E-state index contributed by atoms with van der Waals surface area (Å²) in [6.45, 7) is -0.194. The van der Waals surface area contributed by atoms with Crippen LogP contribution in [0.1, 0.15) is 22.1 Å². The van der Waals surface area contributed by atoms with Gasteiger partial charge in [0.2, 0.25) is 0 Å². The Morgan fingerprint density at radius 1 is 1.03 bits per heavy atom. The van der Waals surface area contributed by atoms with Crippen molar-refractivity contribution in [3.63, 3.8) is 0 Å². The van der Waals surface area contributed by atoms with Crippen LogP contribution in [0.5, 0.6) is 11.5 Å². The molecule has 30 heavy (non-hydrogen) atoms. The molecule has 0 unspecified atom stereocenters. The highest BCUT2D eigenvalue weighted by Gasteiger charge is 2.35. The molecule has 3 aromatic carbocycles. The molecule has 1 heterocycles. The van der Waals surface area contributed by atoms with Crippen LogP contribution in [-0.2, 0) is 4.79 Å². The molecular weight excluding hydrogens is 382 g/mol. The molecule has 1 atom stereocenters. The van der Waals surface area contributed by atoms with E-state index in [-0.39, 0.29) is 12.5 Å². The smallest absolute Gasteiger partial charge is 0.262 e. The van der Waals surface area contributed by atoms with Crippen LogP contribution >= 0.6 is 0 Å². The van der Waals surface area contributed by atoms with Gasteiger partial charge in [-0.2, -0.15) is 0 Å². The molecule has 1 aliphatic rings. The van der Waals surface area contributed by atoms with E-state index in [1.54, 1.807) is 30.2 Å². The highest BCUT2D eigenvalue weighted by Crippen LogP contribution is 2.40. The maximum Gasteiger partial charge on any atom is 0.262 e. The molecule has 0 fully saturated rings. The molecule has 0 saturated heterocycles. The number of amides is 2. The average Bonchev–Trinajstić information content (AvgIpc) is 2.78. The van der Waals surface area contributed by atoms with Crippen molar-refractivity contribution in [2.75, 3.05) is 23.9 Å². The third-order valence-electron chi connectivity index (χ3n) is 4.85. The summed E-state index contributed by atoms with van der Waals surface area (Å²) in [5.74, 6) is 0.438. The largest absolute Gasteiger partial charge is 0.495 e. The Labute approximate surface area is 174 Å². The number of carbonyl (C=O) groups is 2. The molecule has 7 nitrogen and oxygen atoms in total. The number of hydrogen-bond acceptors (Lipinski definition) is 5. The molecule has 152 valence electrons. The van der Waals surface area contributed by atoms with Gasteiger partial charge in [0, 0.05) is 5.69 Å². The number of nitrogens with one attached hydrogen (secondary N) is 1. The van der Waals surface area contributed by atoms with Crippen LogP contribution in [0, 0.1) is 0 Å². The molecule has 2 amide bonds. The number of carbonyl (C=O) groups excluding carboxylic acids is 2. The molecule has 0 radical (unpaired) electrons. The number of para-hydroxylation sites is 3. The average molecular weight is 403 g/mol. The van der Waals surface area contributed by atoms with E-state index in [0.29, 0.717) is 22.7 Å². The molecule has 3 aromatic rings. The molecule has 3 N–H and O–H groups in total. The van der Waals surface area contributed by atoms with Gasteiger partial charge in [-0.3, -0.25) is 14.5 Å². The number of fused-ring (bicyclic) bond motifs is 1. The van der Waals surface area contributed by atoms with Gasteiger partial charge in [-0.25, -0.2) is 0 Å². The number of nitrogens with two attached hydrogens (primary N) is 1. The maximum atomic E-state index is 13.5. The fourth-order valence-corrected chi connectivity index (χ4v) is 3.46. The van der Waals surface area contributed by atoms with Gasteiger partial charge in [-0.1, -0.05) is 36.4 Å². The first-order valence-corrected chi connectivity index (χ1v) is 9.41. The summed E-state index contributed by atoms with van der Waals surface area (Å²) in [4.78, 5) is 26.1. The molecule has 0 saturated carbocycles. The lowest BCUT2D eigenvalue weighted by atomic mass is 10.0. The minimum absolute atomic E-state index is 0.132. The van der Waals surface area contributed by atoms with E-state index >= 15 is 0 Å². The lowest BCUT2D eigenvalue weighted by Crippen LogP contribution is -2.43. The maximum absolute atomic E-state index is 13.5. The van der Waals surface area contributed by atoms with Crippen molar-refractivity contribution in [2.24, 2.45) is 5.73 Å². The monoisotopic (exact) mass is 403 g/mol. The molecule has 0 aliphatic carbocycles. The summed E-state index contributed by atoms with van der Waals surface area (Å²) < 4.78 is 10.8. The number of ether oxygens (including phenoxy) is 2. The number of nitrogens with zero attached hydrogens (tertiary/aromatic N) is 1. The van der Waals surface area contributed by atoms with Gasteiger partial charge >= 0.3 is 0 Å². The van der Waals surface area contributed by atoms with E-state index in [2.05, 4.69) is 5.32 Å². The number of anilines is 2. The van der Waals surface area contributed by atoms with E-state index in [9.17, 15) is 9.59 Å². The second kappa shape index (κ2) is 8.16. The highest BCUT2D eigenvalue weighted by molar-refractivity contribution is 6.12.